The van der Waals surface area contributed by atoms with Gasteiger partial charge in [-0.25, -0.2) is 0 Å². The van der Waals surface area contributed by atoms with Crippen LogP contribution >= 0.6 is 0 Å². The number of rotatable bonds is 9. The Morgan fingerprint density at radius 3 is 2.11 bits per heavy atom. The molecule has 1 atom stereocenters. The summed E-state index contributed by atoms with van der Waals surface area (Å²) in [4.78, 5) is 12.9. The number of carbonyl (C=O) groups excluding carboxylic acids is 1. The second-order valence-electron chi connectivity index (χ2n) is 6.59. The van der Waals surface area contributed by atoms with Crippen molar-refractivity contribution in [1.29, 1.82) is 0 Å². The van der Waals surface area contributed by atoms with E-state index in [0.717, 1.165) is 22.3 Å². The van der Waals surface area contributed by atoms with Gasteiger partial charge in [0, 0.05) is 12.1 Å². The van der Waals surface area contributed by atoms with Crippen molar-refractivity contribution >= 4 is 5.78 Å². The van der Waals surface area contributed by atoms with Gasteiger partial charge in [0.2, 0.25) is 0 Å². The smallest absolute Gasteiger partial charge is 0.179 e. The highest BCUT2D eigenvalue weighted by Crippen LogP contribution is 2.14. The van der Waals surface area contributed by atoms with E-state index in [2.05, 4.69) is 17.4 Å². The predicted molar refractivity (Wildman–Crippen MR) is 108 cm³/mol. The topological polar surface area (TPSA) is 38.3 Å². The first-order chi connectivity index (χ1) is 13.2. The highest BCUT2D eigenvalue weighted by molar-refractivity contribution is 6.01. The van der Waals surface area contributed by atoms with Crippen molar-refractivity contribution in [2.24, 2.45) is 0 Å². The van der Waals surface area contributed by atoms with Gasteiger partial charge in [-0.1, -0.05) is 84.9 Å². The maximum atomic E-state index is 12.9. The van der Waals surface area contributed by atoms with Gasteiger partial charge in [0.05, 0.1) is 19.3 Å². The maximum Gasteiger partial charge on any atom is 0.179 e. The monoisotopic (exact) mass is 359 g/mol. The van der Waals surface area contributed by atoms with Crippen LogP contribution in [-0.4, -0.2) is 11.8 Å². The second-order valence-corrected chi connectivity index (χ2v) is 6.59. The molecule has 1 unspecified atom stereocenters. The van der Waals surface area contributed by atoms with E-state index in [1.165, 1.54) is 0 Å². The maximum absolute atomic E-state index is 12.9. The summed E-state index contributed by atoms with van der Waals surface area (Å²) in [6.07, 6.45) is 0. The van der Waals surface area contributed by atoms with E-state index < -0.39 is 0 Å². The zero-order chi connectivity index (χ0) is 18.9. The van der Waals surface area contributed by atoms with Crippen molar-refractivity contribution in [3.63, 3.8) is 0 Å². The summed E-state index contributed by atoms with van der Waals surface area (Å²) in [5, 5.41) is 3.32. The molecule has 0 amide bonds. The van der Waals surface area contributed by atoms with Gasteiger partial charge in [-0.2, -0.15) is 0 Å². The first-order valence-electron chi connectivity index (χ1n) is 9.25. The van der Waals surface area contributed by atoms with Crippen LogP contribution in [-0.2, 0) is 24.5 Å². The fraction of sp³-hybridized carbons (Fsp3) is 0.208. The zero-order valence-electron chi connectivity index (χ0n) is 15.6. The Hall–Kier alpha value is -2.75. The third-order valence-electron chi connectivity index (χ3n) is 4.50. The van der Waals surface area contributed by atoms with Crippen molar-refractivity contribution in [3.05, 3.63) is 107 Å². The summed E-state index contributed by atoms with van der Waals surface area (Å²) in [6, 6.07) is 27.6. The van der Waals surface area contributed by atoms with E-state index in [-0.39, 0.29) is 11.8 Å². The number of hydrogen-bond acceptors (Lipinski definition) is 3. The number of hydrogen-bond donors (Lipinski definition) is 1. The zero-order valence-corrected chi connectivity index (χ0v) is 15.6. The predicted octanol–water partition coefficient (Wildman–Crippen LogP) is 4.76. The quantitative estimate of drug-likeness (QED) is 0.560. The van der Waals surface area contributed by atoms with Crippen LogP contribution in [0, 0.1) is 0 Å². The molecule has 0 spiro atoms. The Morgan fingerprint density at radius 2 is 1.41 bits per heavy atom. The molecule has 0 radical (unpaired) electrons. The summed E-state index contributed by atoms with van der Waals surface area (Å²) in [7, 11) is 0. The van der Waals surface area contributed by atoms with E-state index >= 15 is 0 Å². The molecule has 3 aromatic rings. The van der Waals surface area contributed by atoms with Gasteiger partial charge in [-0.3, -0.25) is 4.79 Å². The molecule has 138 valence electrons. The third kappa shape index (κ3) is 5.61. The van der Waals surface area contributed by atoms with Crippen LogP contribution in [0.3, 0.4) is 0 Å². The number of ether oxygens (including phenoxy) is 1. The van der Waals surface area contributed by atoms with Crippen LogP contribution in [0.4, 0.5) is 0 Å². The molecule has 0 heterocycles. The molecule has 0 fully saturated rings. The van der Waals surface area contributed by atoms with Crippen LogP contribution in [0.5, 0.6) is 0 Å². The first kappa shape index (κ1) is 19.0. The SMILES string of the molecule is CC(NCc1ccccc1)C(=O)c1ccccc1COCc1ccccc1. The lowest BCUT2D eigenvalue weighted by Crippen LogP contribution is -2.34. The molecule has 0 saturated heterocycles. The van der Waals surface area contributed by atoms with Crippen LogP contribution in [0.25, 0.3) is 0 Å². The number of nitrogens with one attached hydrogen (secondary N) is 1. The molecular formula is C24H25NO2. The molecule has 3 aromatic carbocycles. The minimum Gasteiger partial charge on any atom is -0.372 e. The molecule has 0 bridgehead atoms. The molecule has 0 aliphatic carbocycles. The van der Waals surface area contributed by atoms with Crippen LogP contribution in [0.15, 0.2) is 84.9 Å². The van der Waals surface area contributed by atoms with Gasteiger partial charge < -0.3 is 10.1 Å². The van der Waals surface area contributed by atoms with Gasteiger partial charge in [-0.05, 0) is 23.6 Å². The van der Waals surface area contributed by atoms with E-state index in [1.54, 1.807) is 0 Å². The van der Waals surface area contributed by atoms with Gasteiger partial charge in [0.15, 0.2) is 5.78 Å². The minimum atomic E-state index is -0.263. The fourth-order valence-corrected chi connectivity index (χ4v) is 2.93. The average Bonchev–Trinajstić information content (AvgIpc) is 2.73. The van der Waals surface area contributed by atoms with E-state index in [4.69, 9.17) is 4.74 Å². The molecule has 1 N–H and O–H groups in total. The van der Waals surface area contributed by atoms with Crippen molar-refractivity contribution in [2.75, 3.05) is 0 Å². The second kappa shape index (κ2) is 9.81. The summed E-state index contributed by atoms with van der Waals surface area (Å²) < 4.78 is 5.83. The number of ketones is 1. The Labute approximate surface area is 161 Å². The number of benzene rings is 3. The highest BCUT2D eigenvalue weighted by atomic mass is 16.5. The molecule has 3 rings (SSSR count). The summed E-state index contributed by atoms with van der Waals surface area (Å²) in [5.74, 6) is 0.0878. The van der Waals surface area contributed by atoms with Gasteiger partial charge in [0.1, 0.15) is 0 Å². The van der Waals surface area contributed by atoms with Gasteiger partial charge in [-0.15, -0.1) is 0 Å². The normalized spacial score (nSPS) is 11.9. The van der Waals surface area contributed by atoms with Crippen LogP contribution in [0.1, 0.15) is 34.0 Å². The van der Waals surface area contributed by atoms with Gasteiger partial charge >= 0.3 is 0 Å². The standard InChI is InChI=1S/C24H25NO2/c1-19(25-16-20-10-4-2-5-11-20)24(26)23-15-9-8-14-22(23)18-27-17-21-12-6-3-7-13-21/h2-15,19,25H,16-18H2,1H3. The van der Waals surface area contributed by atoms with Crippen LogP contribution < -0.4 is 5.32 Å². The Balaban J connectivity index is 1.59. The van der Waals surface area contributed by atoms with Crippen molar-refractivity contribution < 1.29 is 9.53 Å². The lowest BCUT2D eigenvalue weighted by molar-refractivity contribution is 0.0925. The Morgan fingerprint density at radius 1 is 0.815 bits per heavy atom. The molecule has 27 heavy (non-hydrogen) atoms. The summed E-state index contributed by atoms with van der Waals surface area (Å²) in [5.41, 5.74) is 3.93. The number of carbonyl (C=O) groups is 1. The van der Waals surface area contributed by atoms with Crippen LogP contribution in [0.2, 0.25) is 0 Å². The molecule has 0 aliphatic heterocycles. The highest BCUT2D eigenvalue weighted by Gasteiger charge is 2.17. The van der Waals surface area contributed by atoms with Gasteiger partial charge in [0.25, 0.3) is 0 Å². The third-order valence-corrected chi connectivity index (χ3v) is 4.50. The van der Waals surface area contributed by atoms with E-state index in [0.29, 0.717) is 19.8 Å². The fourth-order valence-electron chi connectivity index (χ4n) is 2.93. The molecule has 0 aromatic heterocycles. The molecular weight excluding hydrogens is 334 g/mol. The first-order valence-corrected chi connectivity index (χ1v) is 9.25. The van der Waals surface area contributed by atoms with E-state index in [9.17, 15) is 4.79 Å². The van der Waals surface area contributed by atoms with Crippen molar-refractivity contribution in [2.45, 2.75) is 32.7 Å². The Bertz CT molecular complexity index is 847. The lowest BCUT2D eigenvalue weighted by atomic mass is 9.99. The number of Topliss-reactive ketones (excluding diaryl/α,β-unsaturated/α-hetero) is 1. The Kier molecular flexibility index (Phi) is 6.91. The lowest BCUT2D eigenvalue weighted by Gasteiger charge is -2.16. The molecule has 0 saturated carbocycles. The summed E-state index contributed by atoms with van der Waals surface area (Å²) >= 11 is 0. The van der Waals surface area contributed by atoms with Crippen molar-refractivity contribution in [3.8, 4) is 0 Å². The minimum absolute atomic E-state index is 0.0878. The molecule has 3 heteroatoms. The molecule has 3 nitrogen and oxygen atoms in total. The largest absolute Gasteiger partial charge is 0.372 e. The average molecular weight is 359 g/mol. The van der Waals surface area contributed by atoms with E-state index in [1.807, 2.05) is 79.7 Å². The molecule has 0 aliphatic rings. The van der Waals surface area contributed by atoms with Crippen molar-refractivity contribution in [1.82, 2.24) is 5.32 Å². The summed E-state index contributed by atoms with van der Waals surface area (Å²) in [6.45, 7) is 3.53.